The minimum atomic E-state index is -0.668. The second-order valence-electron chi connectivity index (χ2n) is 9.70. The summed E-state index contributed by atoms with van der Waals surface area (Å²) >= 11 is 0. The molecular formula is C29H36N6O6. The van der Waals surface area contributed by atoms with E-state index in [9.17, 15) is 14.9 Å². The number of hydrogen-bond donors (Lipinski definition) is 1. The lowest BCUT2D eigenvalue weighted by molar-refractivity contribution is -0.383. The Hall–Kier alpha value is -4.29. The number of methoxy groups -OCH3 is 1. The average Bonchev–Trinajstić information content (AvgIpc) is 3.46. The van der Waals surface area contributed by atoms with Crippen LogP contribution in [0.4, 0.5) is 17.3 Å². The lowest BCUT2D eigenvalue weighted by Gasteiger charge is -2.23. The van der Waals surface area contributed by atoms with Crippen LogP contribution < -0.4 is 15.4 Å². The molecule has 3 aromatic rings. The van der Waals surface area contributed by atoms with Crippen LogP contribution in [0.5, 0.6) is 6.01 Å². The zero-order valence-electron chi connectivity index (χ0n) is 23.5. The molecule has 1 aliphatic heterocycles. The van der Waals surface area contributed by atoms with Crippen molar-refractivity contribution in [3.63, 3.8) is 0 Å². The van der Waals surface area contributed by atoms with E-state index < -0.39 is 16.6 Å². The Morgan fingerprint density at radius 2 is 1.66 bits per heavy atom. The first-order valence-corrected chi connectivity index (χ1v) is 13.6. The molecule has 12 heteroatoms. The summed E-state index contributed by atoms with van der Waals surface area (Å²) in [6, 6.07) is 16.2. The van der Waals surface area contributed by atoms with Crippen molar-refractivity contribution in [2.24, 2.45) is 0 Å². The van der Waals surface area contributed by atoms with E-state index in [0.29, 0.717) is 0 Å². The van der Waals surface area contributed by atoms with Crippen LogP contribution in [-0.2, 0) is 27.4 Å². The number of nitrogens with zero attached hydrogens (tertiary/aromatic N) is 5. The van der Waals surface area contributed by atoms with E-state index in [1.54, 1.807) is 6.92 Å². The van der Waals surface area contributed by atoms with E-state index in [0.717, 1.165) is 36.3 Å². The van der Waals surface area contributed by atoms with E-state index in [1.165, 1.54) is 30.4 Å². The molecule has 0 saturated carbocycles. The molecule has 41 heavy (non-hydrogen) atoms. The van der Waals surface area contributed by atoms with E-state index in [-0.39, 0.29) is 50.6 Å². The lowest BCUT2D eigenvalue weighted by Crippen LogP contribution is -2.32. The third-order valence-corrected chi connectivity index (χ3v) is 6.72. The molecule has 0 bridgehead atoms. The van der Waals surface area contributed by atoms with Crippen molar-refractivity contribution in [2.45, 2.75) is 32.9 Å². The van der Waals surface area contributed by atoms with E-state index in [1.807, 2.05) is 24.3 Å². The average molecular weight is 565 g/mol. The van der Waals surface area contributed by atoms with Gasteiger partial charge < -0.3 is 24.8 Å². The Kier molecular flexibility index (Phi) is 10.4. The number of benzene rings is 2. The summed E-state index contributed by atoms with van der Waals surface area (Å²) in [5.41, 5.74) is 9.63. The number of anilines is 2. The smallest absolute Gasteiger partial charge is 0.353 e. The third-order valence-electron chi connectivity index (χ3n) is 6.72. The maximum Gasteiger partial charge on any atom is 0.353 e. The van der Waals surface area contributed by atoms with Crippen molar-refractivity contribution in [1.82, 2.24) is 14.9 Å². The fraction of sp³-hybridized carbons (Fsp3) is 0.414. The third kappa shape index (κ3) is 8.12. The summed E-state index contributed by atoms with van der Waals surface area (Å²) in [4.78, 5) is 35.8. The number of nitrogens with two attached hydrogens (primary N) is 1. The van der Waals surface area contributed by atoms with Gasteiger partial charge >= 0.3 is 17.7 Å². The molecule has 218 valence electrons. The molecular weight excluding hydrogens is 528 g/mol. The van der Waals surface area contributed by atoms with Gasteiger partial charge in [-0.3, -0.25) is 19.8 Å². The van der Waals surface area contributed by atoms with Gasteiger partial charge in [-0.15, -0.1) is 0 Å². The quantitative estimate of drug-likeness (QED) is 0.132. The molecule has 12 nitrogen and oxygen atoms in total. The van der Waals surface area contributed by atoms with Crippen LogP contribution in [0, 0.1) is 10.1 Å². The van der Waals surface area contributed by atoms with Crippen molar-refractivity contribution in [3.05, 3.63) is 69.8 Å². The molecule has 1 fully saturated rings. The van der Waals surface area contributed by atoms with Crippen LogP contribution in [0.15, 0.2) is 48.5 Å². The lowest BCUT2D eigenvalue weighted by atomic mass is 10.0. The number of esters is 1. The van der Waals surface area contributed by atoms with E-state index in [4.69, 9.17) is 19.9 Å². The summed E-state index contributed by atoms with van der Waals surface area (Å²) in [7, 11) is 1.51. The normalized spacial score (nSPS) is 13.2. The van der Waals surface area contributed by atoms with Crippen LogP contribution >= 0.6 is 0 Å². The fourth-order valence-electron chi connectivity index (χ4n) is 4.71. The monoisotopic (exact) mass is 564 g/mol. The van der Waals surface area contributed by atoms with Gasteiger partial charge in [0.2, 0.25) is 11.6 Å². The van der Waals surface area contributed by atoms with Crippen LogP contribution in [0.25, 0.3) is 11.1 Å². The summed E-state index contributed by atoms with van der Waals surface area (Å²) in [6.07, 6.45) is 2.53. The minimum Gasteiger partial charge on any atom is -0.465 e. The summed E-state index contributed by atoms with van der Waals surface area (Å²) in [6.45, 7) is 5.35. The number of likely N-dealkylation sites (tertiary alicyclic amines) is 1. The van der Waals surface area contributed by atoms with Crippen molar-refractivity contribution < 1.29 is 23.9 Å². The summed E-state index contributed by atoms with van der Waals surface area (Å²) < 4.78 is 15.6. The first kappa shape index (κ1) is 29.7. The van der Waals surface area contributed by atoms with Gasteiger partial charge in [0.1, 0.15) is 13.2 Å². The molecule has 1 aliphatic rings. The number of carbonyl (C=O) groups excluding carboxylic acids is 1. The zero-order valence-corrected chi connectivity index (χ0v) is 23.5. The molecule has 0 unspecified atom stereocenters. The second-order valence-corrected chi connectivity index (χ2v) is 9.70. The molecule has 2 heterocycles. The van der Waals surface area contributed by atoms with Gasteiger partial charge in [-0.1, -0.05) is 48.5 Å². The Labute approximate surface area is 239 Å². The summed E-state index contributed by atoms with van der Waals surface area (Å²) in [5, 5.41) is 11.9. The van der Waals surface area contributed by atoms with Crippen molar-refractivity contribution in [3.8, 4) is 17.1 Å². The molecule has 1 saturated heterocycles. The highest BCUT2D eigenvalue weighted by Gasteiger charge is 2.29. The standard InChI is InChI=1S/C29H36N6O6/c1-3-40-25(36)20-34(28-26(35(37)38)27(30)31-29(32-28)41-17-16-39-2)19-22-8-12-24(13-9-22)23-10-6-21(7-11-23)18-33-14-4-5-15-33/h6-13H,3-5,14-20H2,1-2H3,(H2,30,31,32). The minimum absolute atomic E-state index is 0.117. The molecule has 0 aliphatic carbocycles. The van der Waals surface area contributed by atoms with Gasteiger partial charge in [0.05, 0.1) is 18.1 Å². The number of rotatable bonds is 14. The maximum absolute atomic E-state index is 12.5. The van der Waals surface area contributed by atoms with E-state index >= 15 is 0 Å². The Morgan fingerprint density at radius 1 is 1.02 bits per heavy atom. The number of carbonyl (C=O) groups is 1. The van der Waals surface area contributed by atoms with Crippen molar-refractivity contribution in [2.75, 3.05) is 57.2 Å². The summed E-state index contributed by atoms with van der Waals surface area (Å²) in [5.74, 6) is -1.07. The van der Waals surface area contributed by atoms with Crippen molar-refractivity contribution in [1.29, 1.82) is 0 Å². The second kappa shape index (κ2) is 14.4. The highest BCUT2D eigenvalue weighted by Crippen LogP contribution is 2.34. The Bertz CT molecular complexity index is 1310. The fourth-order valence-corrected chi connectivity index (χ4v) is 4.71. The number of ether oxygens (including phenoxy) is 3. The first-order chi connectivity index (χ1) is 19.9. The molecule has 0 radical (unpaired) electrons. The highest BCUT2D eigenvalue weighted by atomic mass is 16.6. The van der Waals surface area contributed by atoms with Gasteiger partial charge in [0.25, 0.3) is 0 Å². The molecule has 1 aromatic heterocycles. The van der Waals surface area contributed by atoms with Gasteiger partial charge in [-0.2, -0.15) is 9.97 Å². The Balaban J connectivity index is 1.56. The predicted molar refractivity (Wildman–Crippen MR) is 155 cm³/mol. The molecule has 0 atom stereocenters. The zero-order chi connectivity index (χ0) is 29.2. The Morgan fingerprint density at radius 3 is 2.24 bits per heavy atom. The van der Waals surface area contributed by atoms with Gasteiger partial charge in [0, 0.05) is 20.2 Å². The first-order valence-electron chi connectivity index (χ1n) is 13.6. The molecule has 0 amide bonds. The number of nitro groups is 1. The number of aromatic nitrogens is 2. The maximum atomic E-state index is 12.5. The number of hydrogen-bond acceptors (Lipinski definition) is 11. The molecule has 0 spiro atoms. The number of nitrogen functional groups attached to an aromatic ring is 1. The molecule has 2 aromatic carbocycles. The van der Waals surface area contributed by atoms with Crippen LogP contribution in [-0.4, -0.2) is 72.3 Å². The largest absolute Gasteiger partial charge is 0.465 e. The van der Waals surface area contributed by atoms with Gasteiger partial charge in [0.15, 0.2) is 0 Å². The SMILES string of the molecule is CCOC(=O)CN(Cc1ccc(-c2ccc(CN3CCCC3)cc2)cc1)c1nc(OCCOC)nc(N)c1[N+](=O)[O-]. The molecule has 2 N–H and O–H groups in total. The topological polar surface area (TPSA) is 146 Å². The van der Waals surface area contributed by atoms with E-state index in [2.05, 4.69) is 39.1 Å². The van der Waals surface area contributed by atoms with Crippen LogP contribution in [0.1, 0.15) is 30.9 Å². The van der Waals surface area contributed by atoms with Gasteiger partial charge in [-0.05, 0) is 55.1 Å². The van der Waals surface area contributed by atoms with Crippen LogP contribution in [0.2, 0.25) is 0 Å². The highest BCUT2D eigenvalue weighted by molar-refractivity contribution is 5.79. The van der Waals surface area contributed by atoms with Crippen LogP contribution in [0.3, 0.4) is 0 Å². The van der Waals surface area contributed by atoms with Gasteiger partial charge in [-0.25, -0.2) is 0 Å². The molecule has 4 rings (SSSR count). The predicted octanol–water partition coefficient (Wildman–Crippen LogP) is 3.82. The van der Waals surface area contributed by atoms with Crippen molar-refractivity contribution >= 4 is 23.3 Å².